The van der Waals surface area contributed by atoms with Gasteiger partial charge in [-0.05, 0) is 56.6 Å². The molecule has 1 aliphatic rings. The zero-order chi connectivity index (χ0) is 29.1. The number of hydrogen-bond acceptors (Lipinski definition) is 7. The van der Waals surface area contributed by atoms with Crippen LogP contribution in [0, 0.1) is 23.2 Å². The van der Waals surface area contributed by atoms with Crippen LogP contribution in [0.5, 0.6) is 0 Å². The molecule has 1 amide bonds. The topological polar surface area (TPSA) is 125 Å². The summed E-state index contributed by atoms with van der Waals surface area (Å²) in [4.78, 5) is 28.0. The number of halogens is 3. The number of nitrogen functional groups attached to an aromatic ring is 1. The Morgan fingerprint density at radius 3 is 2.76 bits per heavy atom. The highest BCUT2D eigenvalue weighted by atomic mass is 19.4. The highest BCUT2D eigenvalue weighted by molar-refractivity contribution is 6.05. The summed E-state index contributed by atoms with van der Waals surface area (Å²) in [5, 5.41) is 11.4. The van der Waals surface area contributed by atoms with Crippen LogP contribution in [0.3, 0.4) is 0 Å². The molecule has 9 nitrogen and oxygen atoms in total. The van der Waals surface area contributed by atoms with E-state index >= 15 is 0 Å². The lowest BCUT2D eigenvalue weighted by molar-refractivity contribution is -0.137. The summed E-state index contributed by atoms with van der Waals surface area (Å²) in [7, 11) is 0. The van der Waals surface area contributed by atoms with E-state index < -0.39 is 23.2 Å². The van der Waals surface area contributed by atoms with Crippen molar-refractivity contribution in [3.63, 3.8) is 0 Å². The number of imidazole rings is 1. The van der Waals surface area contributed by atoms with Crippen LogP contribution < -0.4 is 11.1 Å². The van der Waals surface area contributed by atoms with E-state index in [0.29, 0.717) is 18.6 Å². The van der Waals surface area contributed by atoms with Crippen LogP contribution in [0.25, 0.3) is 16.9 Å². The van der Waals surface area contributed by atoms with Crippen LogP contribution in [0.4, 0.5) is 24.9 Å². The number of nitrogens with one attached hydrogen (secondary N) is 1. The Balaban J connectivity index is 1.56. The van der Waals surface area contributed by atoms with Gasteiger partial charge in [0, 0.05) is 30.4 Å². The largest absolute Gasteiger partial charge is 0.417 e. The molecule has 0 radical (unpaired) electrons. The van der Waals surface area contributed by atoms with E-state index in [2.05, 4.69) is 32.0 Å². The molecule has 1 saturated heterocycles. The van der Waals surface area contributed by atoms with Crippen molar-refractivity contribution in [2.75, 3.05) is 30.7 Å². The normalized spacial score (nSPS) is 15.6. The minimum absolute atomic E-state index is 0.0248. The van der Waals surface area contributed by atoms with Crippen LogP contribution in [0.15, 0.2) is 48.8 Å². The number of amides is 1. The van der Waals surface area contributed by atoms with Crippen molar-refractivity contribution < 1.29 is 18.0 Å². The highest BCUT2D eigenvalue weighted by Gasteiger charge is 2.36. The van der Waals surface area contributed by atoms with E-state index in [4.69, 9.17) is 16.0 Å². The highest BCUT2D eigenvalue weighted by Crippen LogP contribution is 2.38. The summed E-state index contributed by atoms with van der Waals surface area (Å²) >= 11 is 0. The van der Waals surface area contributed by atoms with Crippen LogP contribution in [0.2, 0.25) is 0 Å². The first-order chi connectivity index (χ1) is 19.7. The first kappa shape index (κ1) is 27.6. The van der Waals surface area contributed by atoms with Crippen molar-refractivity contribution in [3.05, 3.63) is 71.2 Å². The molecule has 1 aromatic carbocycles. The fourth-order valence-electron chi connectivity index (χ4n) is 5.06. The number of benzene rings is 1. The molecule has 0 bridgehead atoms. The second kappa shape index (κ2) is 11.3. The summed E-state index contributed by atoms with van der Waals surface area (Å²) in [5.41, 5.74) is 6.18. The Morgan fingerprint density at radius 2 is 2.00 bits per heavy atom. The lowest BCUT2D eigenvalue weighted by Gasteiger charge is -2.30. The summed E-state index contributed by atoms with van der Waals surface area (Å²) < 4.78 is 44.4. The number of nitriles is 1. The monoisotopic (exact) mass is 558 g/mol. The maximum absolute atomic E-state index is 14.3. The fourth-order valence-corrected chi connectivity index (χ4v) is 5.06. The van der Waals surface area contributed by atoms with E-state index in [1.165, 1.54) is 24.4 Å². The van der Waals surface area contributed by atoms with Gasteiger partial charge in [-0.2, -0.15) is 18.4 Å². The smallest absolute Gasteiger partial charge is 0.369 e. The van der Waals surface area contributed by atoms with Gasteiger partial charge in [0.1, 0.15) is 11.6 Å². The maximum Gasteiger partial charge on any atom is 0.417 e. The molecule has 0 saturated carbocycles. The van der Waals surface area contributed by atoms with Crippen LogP contribution >= 0.6 is 0 Å². The number of rotatable bonds is 5. The summed E-state index contributed by atoms with van der Waals surface area (Å²) in [6.45, 7) is 4.03. The second-order valence-electron chi connectivity index (χ2n) is 9.60. The minimum Gasteiger partial charge on any atom is -0.369 e. The number of carbonyl (C=O) groups is 1. The molecule has 12 heteroatoms. The van der Waals surface area contributed by atoms with Gasteiger partial charge in [-0.1, -0.05) is 12.0 Å². The van der Waals surface area contributed by atoms with Gasteiger partial charge in [0.05, 0.1) is 40.5 Å². The van der Waals surface area contributed by atoms with Gasteiger partial charge in [0.2, 0.25) is 5.95 Å². The predicted octanol–water partition coefficient (Wildman–Crippen LogP) is 4.72. The molecule has 0 aliphatic carbocycles. The number of nitrogens with zero attached hydrogens (tertiary/aromatic N) is 6. The third-order valence-electron chi connectivity index (χ3n) is 6.94. The maximum atomic E-state index is 14.3. The average Bonchev–Trinajstić information content (AvgIpc) is 3.36. The van der Waals surface area contributed by atoms with E-state index in [9.17, 15) is 18.0 Å². The molecule has 0 spiro atoms. The third kappa shape index (κ3) is 5.69. The molecule has 1 unspecified atom stereocenters. The Morgan fingerprint density at radius 1 is 1.20 bits per heavy atom. The molecule has 1 atom stereocenters. The van der Waals surface area contributed by atoms with E-state index in [1.54, 1.807) is 23.6 Å². The molecular formula is C29H25F3N8O. The second-order valence-corrected chi connectivity index (χ2v) is 9.60. The number of carbonyl (C=O) groups excluding carboxylic acids is 1. The predicted molar refractivity (Wildman–Crippen MR) is 147 cm³/mol. The van der Waals surface area contributed by atoms with Crippen molar-refractivity contribution in [3.8, 4) is 29.3 Å². The van der Waals surface area contributed by atoms with Crippen LogP contribution in [-0.4, -0.2) is 49.8 Å². The van der Waals surface area contributed by atoms with Gasteiger partial charge in [-0.15, -0.1) is 5.92 Å². The number of likely N-dealkylation sites (tertiary alicyclic amines) is 1. The first-order valence-corrected chi connectivity index (χ1v) is 12.8. The number of pyridine rings is 1. The average molecular weight is 559 g/mol. The molecule has 41 heavy (non-hydrogen) atoms. The van der Waals surface area contributed by atoms with Crippen molar-refractivity contribution in [1.29, 1.82) is 5.26 Å². The van der Waals surface area contributed by atoms with Crippen LogP contribution in [-0.2, 0) is 6.18 Å². The molecule has 3 aromatic heterocycles. The summed E-state index contributed by atoms with van der Waals surface area (Å²) in [5.74, 6) is 5.25. The van der Waals surface area contributed by atoms with Crippen molar-refractivity contribution in [2.45, 2.75) is 31.9 Å². The van der Waals surface area contributed by atoms with Crippen LogP contribution in [0.1, 0.15) is 52.9 Å². The molecule has 1 aliphatic heterocycles. The lowest BCUT2D eigenvalue weighted by atomic mass is 9.94. The molecule has 208 valence electrons. The Kier molecular flexibility index (Phi) is 7.60. The van der Waals surface area contributed by atoms with Crippen molar-refractivity contribution in [2.24, 2.45) is 0 Å². The molecule has 4 heterocycles. The number of anilines is 2. The molecule has 5 rings (SSSR count). The van der Waals surface area contributed by atoms with Gasteiger partial charge < -0.3 is 11.1 Å². The summed E-state index contributed by atoms with van der Waals surface area (Å²) in [6, 6.07) is 9.72. The number of aromatic nitrogens is 4. The van der Waals surface area contributed by atoms with Gasteiger partial charge in [-0.25, -0.2) is 15.0 Å². The number of hydrogen-bond donors (Lipinski definition) is 2. The zero-order valence-electron chi connectivity index (χ0n) is 22.0. The number of piperidine rings is 1. The Bertz CT molecular complexity index is 1730. The Hall–Kier alpha value is -4.94. The Labute approximate surface area is 233 Å². The molecule has 1 fully saturated rings. The van der Waals surface area contributed by atoms with E-state index in [-0.39, 0.29) is 34.6 Å². The number of alkyl halides is 3. The first-order valence-electron chi connectivity index (χ1n) is 12.8. The lowest BCUT2D eigenvalue weighted by Crippen LogP contribution is -2.34. The molecule has 4 aromatic rings. The molecular weight excluding hydrogens is 533 g/mol. The van der Waals surface area contributed by atoms with Crippen molar-refractivity contribution in [1.82, 2.24) is 24.3 Å². The van der Waals surface area contributed by atoms with Gasteiger partial charge in [0.25, 0.3) is 5.91 Å². The van der Waals surface area contributed by atoms with E-state index in [1.807, 2.05) is 6.07 Å². The minimum atomic E-state index is -4.85. The van der Waals surface area contributed by atoms with E-state index in [0.717, 1.165) is 37.2 Å². The standard InChI is InChI=1S/C29H25F3N8O/c1-2-3-12-39-13-4-5-20(17-39)25-23-9-11-36-28(34)40(23)26(38-25)19-6-7-21(22(15-19)29(30,31)32)27(41)37-24-14-18(16-33)8-10-35-24/h6-11,14-15,20H,4-5,12-13,17H2,1H3,(H2,34,36)(H,35,37,41). The number of nitrogens with two attached hydrogens (primary N) is 1. The number of fused-ring (bicyclic) bond motifs is 1. The zero-order valence-corrected chi connectivity index (χ0v) is 22.0. The van der Waals surface area contributed by atoms with Gasteiger partial charge in [-0.3, -0.25) is 14.1 Å². The third-order valence-corrected chi connectivity index (χ3v) is 6.94. The molecule has 3 N–H and O–H groups in total. The quantitative estimate of drug-likeness (QED) is 0.340. The fraction of sp³-hybridized carbons (Fsp3) is 0.276. The van der Waals surface area contributed by atoms with Crippen molar-refractivity contribution >= 4 is 23.2 Å². The van der Waals surface area contributed by atoms with Gasteiger partial charge >= 0.3 is 6.18 Å². The SMILES string of the molecule is CC#CCN1CCCC(c2nc(-c3ccc(C(=O)Nc4cc(C#N)ccn4)c(C(F)(F)F)c3)n3c(N)nccc23)C1. The summed E-state index contributed by atoms with van der Waals surface area (Å²) in [6.07, 6.45) is -0.233. The van der Waals surface area contributed by atoms with Gasteiger partial charge in [0.15, 0.2) is 0 Å².